The first kappa shape index (κ1) is 12.5. The highest BCUT2D eigenvalue weighted by Gasteiger charge is 2.15. The second kappa shape index (κ2) is 4.99. The molecule has 0 saturated carbocycles. The molecule has 16 heavy (non-hydrogen) atoms. The Balaban J connectivity index is 2.59. The lowest BCUT2D eigenvalue weighted by molar-refractivity contribution is 0.0343. The summed E-state index contributed by atoms with van der Waals surface area (Å²) < 4.78 is 5.26. The average Bonchev–Trinajstić information content (AvgIpc) is 2.27. The zero-order valence-corrected chi connectivity index (χ0v) is 9.78. The normalized spacial score (nSPS) is 11.2. The summed E-state index contributed by atoms with van der Waals surface area (Å²) >= 11 is 0. The van der Waals surface area contributed by atoms with E-state index in [0.717, 1.165) is 5.69 Å². The lowest BCUT2D eigenvalue weighted by Crippen LogP contribution is -2.32. The van der Waals surface area contributed by atoms with Crippen LogP contribution < -0.4 is 5.32 Å². The molecule has 0 amide bonds. The molecule has 0 aromatic heterocycles. The van der Waals surface area contributed by atoms with Crippen LogP contribution in [0, 0.1) is 0 Å². The summed E-state index contributed by atoms with van der Waals surface area (Å²) in [4.78, 5) is 10.6. The Morgan fingerprint density at radius 3 is 2.38 bits per heavy atom. The Morgan fingerprint density at radius 2 is 1.94 bits per heavy atom. The standard InChI is InChI=1S/C12H17NO3/c1-12(2,16-3)8-13-10-6-4-9(5-7-10)11(14)15/h4-7,13H,8H2,1-3H3,(H,14,15). The minimum absolute atomic E-state index is 0.245. The number of hydrogen-bond donors (Lipinski definition) is 2. The zero-order chi connectivity index (χ0) is 12.2. The molecule has 0 aliphatic heterocycles. The Bertz CT molecular complexity index is 357. The lowest BCUT2D eigenvalue weighted by Gasteiger charge is -2.23. The molecule has 4 nitrogen and oxygen atoms in total. The van der Waals surface area contributed by atoms with Gasteiger partial charge in [0, 0.05) is 19.3 Å². The van der Waals surface area contributed by atoms with Gasteiger partial charge in [0.2, 0.25) is 0 Å². The zero-order valence-electron chi connectivity index (χ0n) is 9.78. The van der Waals surface area contributed by atoms with Crippen molar-refractivity contribution in [2.75, 3.05) is 19.0 Å². The first-order valence-electron chi connectivity index (χ1n) is 5.07. The fourth-order valence-electron chi connectivity index (χ4n) is 1.12. The molecule has 0 fully saturated rings. The van der Waals surface area contributed by atoms with Gasteiger partial charge in [-0.3, -0.25) is 0 Å². The Hall–Kier alpha value is -1.55. The van der Waals surface area contributed by atoms with Crippen molar-refractivity contribution in [3.8, 4) is 0 Å². The van der Waals surface area contributed by atoms with Gasteiger partial charge < -0.3 is 15.2 Å². The van der Waals surface area contributed by atoms with Gasteiger partial charge in [-0.2, -0.15) is 0 Å². The van der Waals surface area contributed by atoms with Crippen molar-refractivity contribution in [1.82, 2.24) is 0 Å². The molecule has 0 aliphatic rings. The van der Waals surface area contributed by atoms with Crippen LogP contribution in [0.4, 0.5) is 5.69 Å². The number of nitrogens with one attached hydrogen (secondary N) is 1. The van der Waals surface area contributed by atoms with Gasteiger partial charge >= 0.3 is 5.97 Å². The van der Waals surface area contributed by atoms with Gasteiger partial charge in [-0.25, -0.2) is 4.79 Å². The largest absolute Gasteiger partial charge is 0.478 e. The van der Waals surface area contributed by atoms with E-state index in [1.807, 2.05) is 13.8 Å². The molecule has 2 N–H and O–H groups in total. The smallest absolute Gasteiger partial charge is 0.335 e. The third-order valence-corrected chi connectivity index (χ3v) is 2.40. The van der Waals surface area contributed by atoms with E-state index < -0.39 is 5.97 Å². The van der Waals surface area contributed by atoms with E-state index in [1.165, 1.54) is 0 Å². The molecule has 0 aliphatic carbocycles. The van der Waals surface area contributed by atoms with E-state index in [1.54, 1.807) is 31.4 Å². The van der Waals surface area contributed by atoms with Gasteiger partial charge in [0.1, 0.15) is 0 Å². The van der Waals surface area contributed by atoms with E-state index in [2.05, 4.69) is 5.32 Å². The summed E-state index contributed by atoms with van der Waals surface area (Å²) in [6.45, 7) is 4.62. The maximum absolute atomic E-state index is 10.6. The molecule has 0 heterocycles. The number of hydrogen-bond acceptors (Lipinski definition) is 3. The fraction of sp³-hybridized carbons (Fsp3) is 0.417. The maximum atomic E-state index is 10.6. The molecular formula is C12H17NO3. The Kier molecular flexibility index (Phi) is 3.90. The van der Waals surface area contributed by atoms with E-state index in [9.17, 15) is 4.79 Å². The SMILES string of the molecule is COC(C)(C)CNc1ccc(C(=O)O)cc1. The number of ether oxygens (including phenoxy) is 1. The van der Waals surface area contributed by atoms with Crippen molar-refractivity contribution in [3.63, 3.8) is 0 Å². The molecule has 0 bridgehead atoms. The third kappa shape index (κ3) is 3.55. The minimum atomic E-state index is -0.913. The summed E-state index contributed by atoms with van der Waals surface area (Å²) in [6.07, 6.45) is 0. The van der Waals surface area contributed by atoms with Crippen LogP contribution in [-0.4, -0.2) is 30.3 Å². The second-order valence-corrected chi connectivity index (χ2v) is 4.20. The number of benzene rings is 1. The van der Waals surface area contributed by atoms with Crippen LogP contribution in [0.3, 0.4) is 0 Å². The highest BCUT2D eigenvalue weighted by molar-refractivity contribution is 5.87. The van der Waals surface area contributed by atoms with Crippen LogP contribution in [0.1, 0.15) is 24.2 Å². The summed E-state index contributed by atoms with van der Waals surface area (Å²) in [6, 6.07) is 6.64. The fourth-order valence-corrected chi connectivity index (χ4v) is 1.12. The summed E-state index contributed by atoms with van der Waals surface area (Å²) in [5.41, 5.74) is 0.928. The quantitative estimate of drug-likeness (QED) is 0.803. The number of carbonyl (C=O) groups is 1. The third-order valence-electron chi connectivity index (χ3n) is 2.40. The van der Waals surface area contributed by atoms with Gasteiger partial charge in [-0.05, 0) is 38.1 Å². The topological polar surface area (TPSA) is 58.6 Å². The second-order valence-electron chi connectivity index (χ2n) is 4.20. The van der Waals surface area contributed by atoms with Gasteiger partial charge in [-0.1, -0.05) is 0 Å². The highest BCUT2D eigenvalue weighted by Crippen LogP contribution is 2.13. The molecule has 1 rings (SSSR count). The first-order chi connectivity index (χ1) is 7.44. The van der Waals surface area contributed by atoms with Crippen molar-refractivity contribution in [2.45, 2.75) is 19.4 Å². The Morgan fingerprint density at radius 1 is 1.38 bits per heavy atom. The first-order valence-corrected chi connectivity index (χ1v) is 5.07. The number of methoxy groups -OCH3 is 1. The summed E-state index contributed by atoms with van der Waals surface area (Å²) in [7, 11) is 1.66. The van der Waals surface area contributed by atoms with Gasteiger partial charge in [0.15, 0.2) is 0 Å². The van der Waals surface area contributed by atoms with E-state index >= 15 is 0 Å². The average molecular weight is 223 g/mol. The predicted octanol–water partition coefficient (Wildman–Crippen LogP) is 2.22. The molecule has 88 valence electrons. The molecule has 4 heteroatoms. The van der Waals surface area contributed by atoms with Crippen molar-refractivity contribution < 1.29 is 14.6 Å². The van der Waals surface area contributed by atoms with E-state index in [4.69, 9.17) is 9.84 Å². The van der Waals surface area contributed by atoms with Crippen LogP contribution in [0.15, 0.2) is 24.3 Å². The molecular weight excluding hydrogens is 206 g/mol. The summed E-state index contributed by atoms with van der Waals surface area (Å²) in [5.74, 6) is -0.913. The number of anilines is 1. The Labute approximate surface area is 95.2 Å². The van der Waals surface area contributed by atoms with Crippen molar-refractivity contribution in [2.24, 2.45) is 0 Å². The molecule has 1 aromatic rings. The molecule has 0 radical (unpaired) electrons. The maximum Gasteiger partial charge on any atom is 0.335 e. The van der Waals surface area contributed by atoms with Crippen LogP contribution in [0.2, 0.25) is 0 Å². The van der Waals surface area contributed by atoms with E-state index in [-0.39, 0.29) is 11.2 Å². The van der Waals surface area contributed by atoms with Crippen LogP contribution in [-0.2, 0) is 4.74 Å². The molecule has 1 aromatic carbocycles. The number of rotatable bonds is 5. The molecule has 0 spiro atoms. The van der Waals surface area contributed by atoms with Crippen molar-refractivity contribution >= 4 is 11.7 Å². The van der Waals surface area contributed by atoms with Gasteiger partial charge in [0.05, 0.1) is 11.2 Å². The van der Waals surface area contributed by atoms with Crippen molar-refractivity contribution in [3.05, 3.63) is 29.8 Å². The number of carboxylic acid groups (broad SMARTS) is 1. The molecule has 0 saturated heterocycles. The number of carboxylic acids is 1. The van der Waals surface area contributed by atoms with Crippen LogP contribution in [0.5, 0.6) is 0 Å². The lowest BCUT2D eigenvalue weighted by atomic mass is 10.1. The molecule has 0 unspecified atom stereocenters. The predicted molar refractivity (Wildman–Crippen MR) is 63.0 cm³/mol. The monoisotopic (exact) mass is 223 g/mol. The molecule has 0 atom stereocenters. The minimum Gasteiger partial charge on any atom is -0.478 e. The summed E-state index contributed by atoms with van der Waals surface area (Å²) in [5, 5.41) is 11.9. The van der Waals surface area contributed by atoms with E-state index in [0.29, 0.717) is 6.54 Å². The van der Waals surface area contributed by atoms with Crippen LogP contribution >= 0.6 is 0 Å². The van der Waals surface area contributed by atoms with Gasteiger partial charge in [0.25, 0.3) is 0 Å². The van der Waals surface area contributed by atoms with Crippen molar-refractivity contribution in [1.29, 1.82) is 0 Å². The van der Waals surface area contributed by atoms with Gasteiger partial charge in [-0.15, -0.1) is 0 Å². The number of aromatic carboxylic acids is 1. The highest BCUT2D eigenvalue weighted by atomic mass is 16.5. The van der Waals surface area contributed by atoms with Crippen LogP contribution in [0.25, 0.3) is 0 Å².